The van der Waals surface area contributed by atoms with Crippen LogP contribution in [0.15, 0.2) is 277 Å². The Labute approximate surface area is 635 Å². The van der Waals surface area contributed by atoms with Crippen LogP contribution in [-0.2, 0) is 31.9 Å². The second-order valence-electron chi connectivity index (χ2n) is 31.0. The average Bonchev–Trinajstić information content (AvgIpc) is 1.41. The van der Waals surface area contributed by atoms with Crippen LogP contribution < -0.4 is 0 Å². The minimum absolute atomic E-state index is 0. The van der Waals surface area contributed by atoms with Crippen LogP contribution in [0.2, 0.25) is 0 Å². The summed E-state index contributed by atoms with van der Waals surface area (Å²) < 4.78 is 9.74. The van der Waals surface area contributed by atoms with Gasteiger partial charge in [-0.05, 0) is 211 Å². The van der Waals surface area contributed by atoms with E-state index in [1.807, 2.05) is 12.1 Å². The molecule has 0 saturated heterocycles. The molecular weight excluding hydrogens is 1470 g/mol. The maximum atomic E-state index is 11.8. The summed E-state index contributed by atoms with van der Waals surface area (Å²) in [6, 6.07) is 104. The van der Waals surface area contributed by atoms with Crippen molar-refractivity contribution in [1.82, 2.24) is 14.5 Å². The summed E-state index contributed by atoms with van der Waals surface area (Å²) in [7, 11) is 0. The van der Waals surface area contributed by atoms with Crippen molar-refractivity contribution < 1.29 is 30.6 Å². The van der Waals surface area contributed by atoms with Gasteiger partial charge in [0.05, 0.1) is 27.8 Å². The Morgan fingerprint density at radius 3 is 1.42 bits per heavy atom. The van der Waals surface area contributed by atoms with Crippen molar-refractivity contribution >= 4 is 54.6 Å². The van der Waals surface area contributed by atoms with Gasteiger partial charge in [-0.1, -0.05) is 306 Å². The summed E-state index contributed by atoms with van der Waals surface area (Å²) in [5.74, 6) is 0.828. The fraction of sp³-hybridized carbons (Fsp3) is 0.140. The van der Waals surface area contributed by atoms with E-state index in [1.54, 1.807) is 6.07 Å². The van der Waals surface area contributed by atoms with Crippen molar-refractivity contribution in [1.29, 1.82) is 0 Å². The first-order chi connectivity index (χ1) is 50.7. The van der Waals surface area contributed by atoms with Crippen molar-refractivity contribution in [3.63, 3.8) is 0 Å². The monoisotopic (exact) mass is 1550 g/mol. The Morgan fingerprint density at radius 1 is 0.368 bits per heavy atom. The number of hydrogen-bond donors (Lipinski definition) is 1. The van der Waals surface area contributed by atoms with Gasteiger partial charge in [0.1, 0.15) is 17.0 Å². The molecule has 520 valence electrons. The van der Waals surface area contributed by atoms with E-state index in [1.165, 1.54) is 33.4 Å². The molecule has 0 amide bonds. The SMILES string of the molecule is Cc1cc(C)cc(-c2cccc(-c3cc(C)cc(C)c3)c2-c2[c-]c(-c3c(-c4c(-c5cc(-c6ccccc6)cc(C(C)(C)C)c5)cccc4-c4cc(-c5ccccc5)cc(C(C)(C)C)c4)ccc4c3nc(-c3ccc5ccc6cccc(O)c6c5n3)n4-c3c(C)cccc3C)cc3oc4ccccc4c23)c1.[Pt]. The first-order valence-corrected chi connectivity index (χ1v) is 36.6. The van der Waals surface area contributed by atoms with Crippen molar-refractivity contribution in [3.8, 4) is 123 Å². The van der Waals surface area contributed by atoms with E-state index in [9.17, 15) is 5.11 Å². The van der Waals surface area contributed by atoms with E-state index < -0.39 is 0 Å². The van der Waals surface area contributed by atoms with Crippen molar-refractivity contribution in [2.45, 2.75) is 93.9 Å². The quantitative estimate of drug-likeness (QED) is 0.104. The summed E-state index contributed by atoms with van der Waals surface area (Å²) in [5, 5.41) is 16.3. The van der Waals surface area contributed by atoms with E-state index in [0.29, 0.717) is 22.4 Å². The molecule has 17 aromatic rings. The molecule has 17 rings (SSSR count). The third-order valence-electron chi connectivity index (χ3n) is 21.2. The number of aromatic hydroxyl groups is 1. The number of fused-ring (bicyclic) bond motifs is 7. The molecule has 0 spiro atoms. The maximum absolute atomic E-state index is 11.8. The van der Waals surface area contributed by atoms with Crippen LogP contribution in [-0.4, -0.2) is 19.6 Å². The molecule has 0 aliphatic carbocycles. The van der Waals surface area contributed by atoms with E-state index in [4.69, 9.17) is 14.4 Å². The van der Waals surface area contributed by atoms with Crippen LogP contribution in [0.1, 0.15) is 86.1 Å². The normalized spacial score (nSPS) is 11.9. The molecule has 0 radical (unpaired) electrons. The van der Waals surface area contributed by atoms with Gasteiger partial charge in [-0.2, -0.15) is 0 Å². The number of aryl methyl sites for hydroxylation is 6. The molecule has 0 saturated carbocycles. The van der Waals surface area contributed by atoms with E-state index in [-0.39, 0.29) is 37.6 Å². The molecule has 0 aliphatic rings. The third kappa shape index (κ3) is 12.3. The summed E-state index contributed by atoms with van der Waals surface area (Å²) in [6.07, 6.45) is 0. The number of benzene rings is 14. The molecule has 14 aromatic carbocycles. The predicted octanol–water partition coefficient (Wildman–Crippen LogP) is 27.2. The Bertz CT molecular complexity index is 6130. The van der Waals surface area contributed by atoms with Gasteiger partial charge in [-0.25, -0.2) is 9.97 Å². The smallest absolute Gasteiger partial charge is 0.163 e. The topological polar surface area (TPSA) is 64.1 Å². The van der Waals surface area contributed by atoms with Gasteiger partial charge in [0, 0.05) is 31.8 Å². The van der Waals surface area contributed by atoms with Gasteiger partial charge in [0.15, 0.2) is 5.82 Å². The van der Waals surface area contributed by atoms with E-state index in [2.05, 4.69) is 349 Å². The number of nitrogens with zero attached hydrogens (tertiary/aromatic N) is 3. The zero-order valence-electron chi connectivity index (χ0n) is 62.0. The van der Waals surface area contributed by atoms with Gasteiger partial charge in [0.2, 0.25) is 0 Å². The Kier molecular flexibility index (Phi) is 17.5. The van der Waals surface area contributed by atoms with Crippen LogP contribution in [0, 0.1) is 47.6 Å². The van der Waals surface area contributed by atoms with Crippen LogP contribution in [0.4, 0.5) is 0 Å². The van der Waals surface area contributed by atoms with E-state index >= 15 is 0 Å². The number of imidazole rings is 1. The number of hydrogen-bond acceptors (Lipinski definition) is 4. The first kappa shape index (κ1) is 68.9. The predicted molar refractivity (Wildman–Crippen MR) is 442 cm³/mol. The second kappa shape index (κ2) is 26.9. The summed E-state index contributed by atoms with van der Waals surface area (Å²) >= 11 is 0. The molecule has 0 atom stereocenters. The average molecular weight is 1550 g/mol. The number of aromatic nitrogens is 3. The largest absolute Gasteiger partial charge is 0.507 e. The second-order valence-corrected chi connectivity index (χ2v) is 31.0. The summed E-state index contributed by atoms with van der Waals surface area (Å²) in [6.45, 7) is 27.1. The number of pyridine rings is 1. The zero-order chi connectivity index (χ0) is 72.3. The molecule has 1 N–H and O–H groups in total. The summed E-state index contributed by atoms with van der Waals surface area (Å²) in [4.78, 5) is 11.8. The molecule has 0 aliphatic heterocycles. The molecule has 3 aromatic heterocycles. The number of furan rings is 1. The van der Waals surface area contributed by atoms with Crippen molar-refractivity contribution in [3.05, 3.63) is 324 Å². The number of rotatable bonds is 11. The molecule has 6 heteroatoms. The minimum atomic E-state index is -0.220. The number of phenolic OH excluding ortho intramolecular Hbond substituents is 1. The van der Waals surface area contributed by atoms with Gasteiger partial charge < -0.3 is 9.52 Å². The number of phenols is 1. The van der Waals surface area contributed by atoms with Gasteiger partial charge >= 0.3 is 0 Å². The van der Waals surface area contributed by atoms with Crippen molar-refractivity contribution in [2.75, 3.05) is 0 Å². The van der Waals surface area contributed by atoms with Gasteiger partial charge in [-0.15, -0.1) is 17.2 Å². The van der Waals surface area contributed by atoms with Crippen LogP contribution in [0.3, 0.4) is 0 Å². The Balaban J connectivity index is 0.00000861. The molecule has 0 bridgehead atoms. The van der Waals surface area contributed by atoms with Crippen LogP contribution >= 0.6 is 0 Å². The van der Waals surface area contributed by atoms with E-state index in [0.717, 1.165) is 161 Å². The third-order valence-corrected chi connectivity index (χ3v) is 21.2. The minimum Gasteiger partial charge on any atom is -0.507 e. The maximum Gasteiger partial charge on any atom is 0.163 e. The molecular formula is C100H82N3O2Pt-. The molecule has 5 nitrogen and oxygen atoms in total. The fourth-order valence-electron chi connectivity index (χ4n) is 16.3. The Hall–Kier alpha value is -11.5. The van der Waals surface area contributed by atoms with Crippen molar-refractivity contribution in [2.24, 2.45) is 0 Å². The Morgan fingerprint density at radius 2 is 0.858 bits per heavy atom. The van der Waals surface area contributed by atoms with Crippen LogP contribution in [0.5, 0.6) is 5.75 Å². The van der Waals surface area contributed by atoms with Gasteiger partial charge in [-0.3, -0.25) is 4.57 Å². The zero-order valence-corrected chi connectivity index (χ0v) is 64.3. The molecule has 106 heavy (non-hydrogen) atoms. The van der Waals surface area contributed by atoms with Gasteiger partial charge in [0.25, 0.3) is 0 Å². The first-order valence-electron chi connectivity index (χ1n) is 36.6. The fourth-order valence-corrected chi connectivity index (χ4v) is 16.3. The summed E-state index contributed by atoms with van der Waals surface area (Å²) in [5.41, 5.74) is 33.4. The molecule has 3 heterocycles. The van der Waals surface area contributed by atoms with Crippen LogP contribution in [0.25, 0.3) is 172 Å². The standard InChI is InChI=1S/C100H82N3O2.Pt/c1-59-45-60(2)48-71(47-59)78-33-23-34-79(72-49-61(3)46-62(4)50-72)93(78)84-57-75(58-89-94(84)82-32-19-20-38-88(82)105-89)90-83(42-44-86-96(90)102-98(103(86)97-63(5)25-21-26-64(97)6)85-43-41-68-40-39-67-31-22-37-87(104)91(67)95(68)101-85)92-80(73-51-69(65-27-15-13-16-28-65)53-76(55-73)99(7,8)9)35-24-36-81(92)74-52-70(66-29-17-14-18-30-66)54-77(56-74)100(10,11)12;/h13-56,58,104H,1-12H3;/q-1;. The molecule has 0 unspecified atom stereocenters. The number of para-hydroxylation sites is 2. The molecule has 0 fully saturated rings.